The van der Waals surface area contributed by atoms with Crippen LogP contribution in [0.4, 0.5) is 8.78 Å². The Kier molecular flexibility index (Phi) is 5.17. The molecule has 12 heavy (non-hydrogen) atoms. The molecule has 1 aromatic heterocycles. The van der Waals surface area contributed by atoms with Gasteiger partial charge in [-0.15, -0.1) is 0 Å². The zero-order valence-electron chi connectivity index (χ0n) is 7.51. The number of hydrogen-bond acceptors (Lipinski definition) is 1. The molecule has 0 radical (unpaired) electrons. The van der Waals surface area contributed by atoms with Gasteiger partial charge in [0.15, 0.2) is 0 Å². The summed E-state index contributed by atoms with van der Waals surface area (Å²) in [6, 6.07) is 1.57. The van der Waals surface area contributed by atoms with Crippen molar-refractivity contribution >= 4 is 0 Å². The van der Waals surface area contributed by atoms with Crippen LogP contribution in [0.2, 0.25) is 0 Å². The highest BCUT2D eigenvalue weighted by atomic mass is 19.3. The van der Waals surface area contributed by atoms with Gasteiger partial charge in [-0.3, -0.25) is 4.98 Å². The molecule has 0 fully saturated rings. The average molecular weight is 173 g/mol. The van der Waals surface area contributed by atoms with Gasteiger partial charge in [0.2, 0.25) is 0 Å². The highest BCUT2D eigenvalue weighted by molar-refractivity contribution is 5.22. The Balaban J connectivity index is 0.000000561. The predicted octanol–water partition coefficient (Wildman–Crippen LogP) is 3.35. The Labute approximate surface area is 71.4 Å². The maximum absolute atomic E-state index is 12.0. The van der Waals surface area contributed by atoms with Gasteiger partial charge in [0.05, 0.1) is 0 Å². The lowest BCUT2D eigenvalue weighted by atomic mass is 10.2. The summed E-state index contributed by atoms with van der Waals surface area (Å²) in [6.07, 6.45) is 0.287. The molecular formula is C9H13F2N. The van der Waals surface area contributed by atoms with Crippen LogP contribution in [-0.2, 0) is 0 Å². The summed E-state index contributed by atoms with van der Waals surface area (Å²) in [7, 11) is 0. The fourth-order valence-electron chi connectivity index (χ4n) is 0.705. The average Bonchev–Trinajstić information content (AvgIpc) is 2.08. The molecule has 1 aromatic rings. The van der Waals surface area contributed by atoms with Crippen molar-refractivity contribution in [2.75, 3.05) is 0 Å². The highest BCUT2D eigenvalue weighted by Gasteiger charge is 2.08. The monoisotopic (exact) mass is 173 g/mol. The van der Waals surface area contributed by atoms with Crippen molar-refractivity contribution in [2.45, 2.75) is 27.2 Å². The molecule has 0 aliphatic carbocycles. The first-order valence-corrected chi connectivity index (χ1v) is 3.90. The minimum Gasteiger partial charge on any atom is -0.264 e. The molecule has 3 heteroatoms. The van der Waals surface area contributed by atoms with Crippen molar-refractivity contribution in [3.63, 3.8) is 0 Å². The van der Waals surface area contributed by atoms with E-state index in [2.05, 4.69) is 4.98 Å². The number of nitrogens with zero attached hydrogens (tertiary/aromatic N) is 1. The smallest absolute Gasteiger partial charge is 0.264 e. The summed E-state index contributed by atoms with van der Waals surface area (Å²) in [4.78, 5) is 3.59. The second-order valence-corrected chi connectivity index (χ2v) is 2.03. The van der Waals surface area contributed by atoms with Crippen LogP contribution in [-0.4, -0.2) is 4.98 Å². The molecule has 0 saturated heterocycles. The minimum atomic E-state index is -2.41. The molecule has 0 aromatic carbocycles. The van der Waals surface area contributed by atoms with Crippen LogP contribution >= 0.6 is 0 Å². The van der Waals surface area contributed by atoms with Gasteiger partial charge < -0.3 is 0 Å². The van der Waals surface area contributed by atoms with Crippen LogP contribution in [0.3, 0.4) is 0 Å². The van der Waals surface area contributed by atoms with E-state index in [1.165, 1.54) is 12.4 Å². The molecule has 1 nitrogen and oxygen atoms in total. The fraction of sp³-hybridized carbons (Fsp3) is 0.444. The van der Waals surface area contributed by atoms with Crippen molar-refractivity contribution in [3.05, 3.63) is 29.6 Å². The Bertz CT molecular complexity index is 224. The van der Waals surface area contributed by atoms with Crippen molar-refractivity contribution in [1.29, 1.82) is 0 Å². The molecule has 68 valence electrons. The van der Waals surface area contributed by atoms with Crippen LogP contribution in [0.5, 0.6) is 0 Å². The topological polar surface area (TPSA) is 12.9 Å². The summed E-state index contributed by atoms with van der Waals surface area (Å²) in [5, 5.41) is 0. The van der Waals surface area contributed by atoms with Crippen LogP contribution in [0, 0.1) is 6.92 Å². The Morgan fingerprint density at radius 2 is 1.92 bits per heavy atom. The molecule has 1 rings (SSSR count). The maximum Gasteiger partial charge on any atom is 0.265 e. The van der Waals surface area contributed by atoms with E-state index >= 15 is 0 Å². The number of rotatable bonds is 1. The number of pyridine rings is 1. The zero-order valence-corrected chi connectivity index (χ0v) is 7.51. The third kappa shape index (κ3) is 2.95. The largest absolute Gasteiger partial charge is 0.265 e. The summed E-state index contributed by atoms with van der Waals surface area (Å²) < 4.78 is 24.0. The molecule has 0 bridgehead atoms. The van der Waals surface area contributed by atoms with E-state index in [1.54, 1.807) is 13.0 Å². The summed E-state index contributed by atoms with van der Waals surface area (Å²) in [6.45, 7) is 5.64. The Morgan fingerprint density at radius 3 is 2.25 bits per heavy atom. The molecule has 1 heterocycles. The molecule has 0 N–H and O–H groups in total. The third-order valence-electron chi connectivity index (χ3n) is 1.31. The van der Waals surface area contributed by atoms with Gasteiger partial charge in [-0.1, -0.05) is 13.8 Å². The van der Waals surface area contributed by atoms with Crippen molar-refractivity contribution < 1.29 is 8.78 Å². The summed E-state index contributed by atoms with van der Waals surface area (Å²) >= 11 is 0. The molecule has 0 unspecified atom stereocenters. The fourth-order valence-corrected chi connectivity index (χ4v) is 0.705. The number of halogens is 2. The zero-order chi connectivity index (χ0) is 9.56. The van der Waals surface area contributed by atoms with Gasteiger partial charge in [0.1, 0.15) is 0 Å². The molecule has 0 aliphatic heterocycles. The van der Waals surface area contributed by atoms with E-state index in [0.717, 1.165) is 0 Å². The minimum absolute atomic E-state index is 0.0162. The van der Waals surface area contributed by atoms with Crippen molar-refractivity contribution in [2.24, 2.45) is 0 Å². The van der Waals surface area contributed by atoms with Crippen LogP contribution in [0.25, 0.3) is 0 Å². The van der Waals surface area contributed by atoms with E-state index in [4.69, 9.17) is 0 Å². The first kappa shape index (κ1) is 11.0. The SMILES string of the molecule is CC.Cc1ccncc1C(F)F. The quantitative estimate of drug-likeness (QED) is 0.634. The lowest BCUT2D eigenvalue weighted by molar-refractivity contribution is 0.150. The van der Waals surface area contributed by atoms with Gasteiger partial charge in [0.25, 0.3) is 6.43 Å². The summed E-state index contributed by atoms with van der Waals surface area (Å²) in [5.74, 6) is 0. The molecule has 0 atom stereocenters. The second-order valence-electron chi connectivity index (χ2n) is 2.03. The van der Waals surface area contributed by atoms with Crippen molar-refractivity contribution in [3.8, 4) is 0 Å². The van der Waals surface area contributed by atoms with Crippen LogP contribution in [0.15, 0.2) is 18.5 Å². The third-order valence-corrected chi connectivity index (χ3v) is 1.31. The standard InChI is InChI=1S/C7H7F2N.C2H6/c1-5-2-3-10-4-6(5)7(8)9;1-2/h2-4,7H,1H3;1-2H3. The van der Waals surface area contributed by atoms with Crippen LogP contribution in [0.1, 0.15) is 31.4 Å². The highest BCUT2D eigenvalue weighted by Crippen LogP contribution is 2.20. The lowest BCUT2D eigenvalue weighted by Crippen LogP contribution is -1.89. The number of hydrogen-bond donors (Lipinski definition) is 0. The van der Waals surface area contributed by atoms with E-state index in [-0.39, 0.29) is 5.56 Å². The predicted molar refractivity (Wildman–Crippen MR) is 45.3 cm³/mol. The van der Waals surface area contributed by atoms with Crippen LogP contribution < -0.4 is 0 Å². The second kappa shape index (κ2) is 5.63. The van der Waals surface area contributed by atoms with Gasteiger partial charge in [-0.05, 0) is 18.6 Å². The van der Waals surface area contributed by atoms with Gasteiger partial charge in [-0.25, -0.2) is 8.78 Å². The Hall–Kier alpha value is -0.990. The van der Waals surface area contributed by atoms with Gasteiger partial charge >= 0.3 is 0 Å². The first-order chi connectivity index (χ1) is 5.72. The van der Waals surface area contributed by atoms with Gasteiger partial charge in [-0.2, -0.15) is 0 Å². The first-order valence-electron chi connectivity index (χ1n) is 3.90. The molecule has 0 amide bonds. The maximum atomic E-state index is 12.0. The molecular weight excluding hydrogens is 160 g/mol. The summed E-state index contributed by atoms with van der Waals surface area (Å²) in [5.41, 5.74) is 0.604. The van der Waals surface area contributed by atoms with E-state index in [9.17, 15) is 8.78 Å². The normalized spacial score (nSPS) is 9.17. The van der Waals surface area contributed by atoms with Crippen molar-refractivity contribution in [1.82, 2.24) is 4.98 Å². The lowest BCUT2D eigenvalue weighted by Gasteiger charge is -2.00. The Morgan fingerprint density at radius 1 is 1.33 bits per heavy atom. The van der Waals surface area contributed by atoms with E-state index in [0.29, 0.717) is 5.56 Å². The van der Waals surface area contributed by atoms with Gasteiger partial charge in [0, 0.05) is 18.0 Å². The number of aromatic nitrogens is 1. The van der Waals surface area contributed by atoms with E-state index < -0.39 is 6.43 Å². The number of aryl methyl sites for hydroxylation is 1. The number of alkyl halides is 2. The van der Waals surface area contributed by atoms with E-state index in [1.807, 2.05) is 13.8 Å². The molecule has 0 saturated carbocycles. The molecule has 0 aliphatic rings. The molecule has 0 spiro atoms.